The van der Waals surface area contributed by atoms with E-state index >= 15 is 0 Å². The molecule has 0 saturated heterocycles. The molecule has 0 fully saturated rings. The normalized spacial score (nSPS) is 10.6. The average Bonchev–Trinajstić information content (AvgIpc) is 2.89. The van der Waals surface area contributed by atoms with Crippen molar-refractivity contribution in [1.82, 2.24) is 4.98 Å². The Bertz CT molecular complexity index is 1570. The first-order valence-corrected chi connectivity index (χ1v) is 11.3. The third-order valence-electron chi connectivity index (χ3n) is 5.58. The Labute approximate surface area is 207 Å². The van der Waals surface area contributed by atoms with Crippen LogP contribution < -0.4 is 16.0 Å². The van der Waals surface area contributed by atoms with Crippen molar-refractivity contribution in [2.75, 3.05) is 16.0 Å². The molecule has 5 aromatic rings. The second kappa shape index (κ2) is 9.99. The van der Waals surface area contributed by atoms with Crippen LogP contribution in [0.2, 0.25) is 0 Å². The number of amides is 1. The van der Waals surface area contributed by atoms with Crippen molar-refractivity contribution in [2.24, 2.45) is 0 Å². The van der Waals surface area contributed by atoms with Gasteiger partial charge >= 0.3 is 5.97 Å². The molecule has 0 aliphatic rings. The first-order chi connectivity index (χ1) is 17.5. The number of hydrogen-bond donors (Lipinski definition) is 4. The van der Waals surface area contributed by atoms with Gasteiger partial charge in [0.15, 0.2) is 0 Å². The molecule has 1 amide bonds. The second-order valence-electron chi connectivity index (χ2n) is 8.13. The predicted octanol–water partition coefficient (Wildman–Crippen LogP) is 6.67. The monoisotopic (exact) mass is 474 g/mol. The number of anilines is 5. The Kier molecular flexibility index (Phi) is 6.27. The highest BCUT2D eigenvalue weighted by atomic mass is 16.4. The molecule has 0 saturated carbocycles. The van der Waals surface area contributed by atoms with Crippen molar-refractivity contribution in [3.05, 3.63) is 120 Å². The van der Waals surface area contributed by atoms with Gasteiger partial charge in [0, 0.05) is 45.6 Å². The van der Waals surface area contributed by atoms with Crippen LogP contribution in [0.15, 0.2) is 109 Å². The van der Waals surface area contributed by atoms with E-state index in [1.165, 1.54) is 6.07 Å². The lowest BCUT2D eigenvalue weighted by atomic mass is 10.1. The molecular formula is C29H22N4O3. The second-order valence-corrected chi connectivity index (χ2v) is 8.13. The van der Waals surface area contributed by atoms with Crippen molar-refractivity contribution < 1.29 is 14.7 Å². The highest BCUT2D eigenvalue weighted by molar-refractivity contribution is 6.05. The molecule has 1 aromatic heterocycles. The van der Waals surface area contributed by atoms with E-state index < -0.39 is 5.97 Å². The molecule has 4 aromatic carbocycles. The standard InChI is InChI=1S/C29H22N4O3/c34-28(33-24-11-5-10-23(18-24)31-21-7-2-1-3-8-21)19-6-4-9-22(16-19)32-27-14-15-30-26-13-12-20(29(35)36)17-25(26)27/h1-18,31H,(H,30,32)(H,33,34)(H,35,36). The number of nitrogens with one attached hydrogen (secondary N) is 3. The van der Waals surface area contributed by atoms with Gasteiger partial charge in [-0.1, -0.05) is 30.3 Å². The molecule has 176 valence electrons. The van der Waals surface area contributed by atoms with E-state index in [1.54, 1.807) is 42.6 Å². The van der Waals surface area contributed by atoms with Gasteiger partial charge in [-0.3, -0.25) is 9.78 Å². The zero-order valence-corrected chi connectivity index (χ0v) is 19.1. The summed E-state index contributed by atoms with van der Waals surface area (Å²) in [6.45, 7) is 0. The van der Waals surface area contributed by atoms with Crippen LogP contribution in [-0.2, 0) is 0 Å². The number of hydrogen-bond acceptors (Lipinski definition) is 5. The fourth-order valence-electron chi connectivity index (χ4n) is 3.85. The molecule has 36 heavy (non-hydrogen) atoms. The number of aromatic nitrogens is 1. The van der Waals surface area contributed by atoms with Gasteiger partial charge in [-0.2, -0.15) is 0 Å². The smallest absolute Gasteiger partial charge is 0.335 e. The molecule has 0 atom stereocenters. The lowest BCUT2D eigenvalue weighted by Gasteiger charge is -2.12. The van der Waals surface area contributed by atoms with E-state index in [-0.39, 0.29) is 11.5 Å². The molecule has 0 aliphatic heterocycles. The largest absolute Gasteiger partial charge is 0.478 e. The Hall–Kier alpha value is -5.17. The van der Waals surface area contributed by atoms with Crippen molar-refractivity contribution >= 4 is 51.2 Å². The lowest BCUT2D eigenvalue weighted by molar-refractivity contribution is 0.0697. The Balaban J connectivity index is 1.34. The predicted molar refractivity (Wildman–Crippen MR) is 143 cm³/mol. The van der Waals surface area contributed by atoms with E-state index in [0.29, 0.717) is 33.5 Å². The molecule has 0 spiro atoms. The number of para-hydroxylation sites is 1. The minimum absolute atomic E-state index is 0.177. The van der Waals surface area contributed by atoms with Gasteiger partial charge < -0.3 is 21.1 Å². The molecule has 0 radical (unpaired) electrons. The maximum Gasteiger partial charge on any atom is 0.335 e. The summed E-state index contributed by atoms with van der Waals surface area (Å²) in [4.78, 5) is 28.7. The topological polar surface area (TPSA) is 103 Å². The summed E-state index contributed by atoms with van der Waals surface area (Å²) in [5, 5.41) is 19.6. The number of pyridine rings is 1. The third-order valence-corrected chi connectivity index (χ3v) is 5.58. The first kappa shape index (κ1) is 22.6. The average molecular weight is 475 g/mol. The van der Waals surface area contributed by atoms with Crippen LogP contribution in [0.1, 0.15) is 20.7 Å². The lowest BCUT2D eigenvalue weighted by Crippen LogP contribution is -2.12. The summed E-state index contributed by atoms with van der Waals surface area (Å²) in [5.74, 6) is -1.25. The van der Waals surface area contributed by atoms with Crippen molar-refractivity contribution in [2.45, 2.75) is 0 Å². The summed E-state index contributed by atoms with van der Waals surface area (Å²) >= 11 is 0. The van der Waals surface area contributed by atoms with Crippen molar-refractivity contribution in [3.63, 3.8) is 0 Å². The van der Waals surface area contributed by atoms with Gasteiger partial charge in [0.05, 0.1) is 11.1 Å². The van der Waals surface area contributed by atoms with Gasteiger partial charge in [0.2, 0.25) is 0 Å². The van der Waals surface area contributed by atoms with Crippen LogP contribution in [-0.4, -0.2) is 22.0 Å². The number of aromatic carboxylic acids is 1. The summed E-state index contributed by atoms with van der Waals surface area (Å²) in [6, 6.07) is 31.0. The number of carbonyl (C=O) groups is 2. The number of carboxylic acids is 1. The van der Waals surface area contributed by atoms with Gasteiger partial charge in [0.1, 0.15) is 0 Å². The number of nitrogens with zero attached hydrogens (tertiary/aromatic N) is 1. The molecule has 1 heterocycles. The molecule has 0 bridgehead atoms. The van der Waals surface area contributed by atoms with E-state index in [0.717, 1.165) is 11.4 Å². The highest BCUT2D eigenvalue weighted by Crippen LogP contribution is 2.27. The number of carboxylic acid groups (broad SMARTS) is 1. The quantitative estimate of drug-likeness (QED) is 0.210. The van der Waals surface area contributed by atoms with Crippen molar-refractivity contribution in [3.8, 4) is 0 Å². The van der Waals surface area contributed by atoms with Crippen LogP contribution in [0.4, 0.5) is 28.4 Å². The number of benzene rings is 4. The molecule has 7 nitrogen and oxygen atoms in total. The first-order valence-electron chi connectivity index (χ1n) is 11.3. The molecule has 5 rings (SSSR count). The maximum atomic E-state index is 13.0. The van der Waals surface area contributed by atoms with Crippen LogP contribution in [0.5, 0.6) is 0 Å². The van der Waals surface area contributed by atoms with Gasteiger partial charge in [-0.25, -0.2) is 4.79 Å². The maximum absolute atomic E-state index is 13.0. The SMILES string of the molecule is O=C(O)c1ccc2nccc(Nc3cccc(C(=O)Nc4cccc(Nc5ccccc5)c4)c3)c2c1. The van der Waals surface area contributed by atoms with Crippen LogP contribution in [0.25, 0.3) is 10.9 Å². The third kappa shape index (κ3) is 5.15. The summed E-state index contributed by atoms with van der Waals surface area (Å²) < 4.78 is 0. The van der Waals surface area contributed by atoms with E-state index in [2.05, 4.69) is 20.9 Å². The van der Waals surface area contributed by atoms with Crippen LogP contribution >= 0.6 is 0 Å². The number of rotatable bonds is 7. The summed E-state index contributed by atoms with van der Waals surface area (Å²) in [7, 11) is 0. The summed E-state index contributed by atoms with van der Waals surface area (Å²) in [6.07, 6.45) is 1.65. The Morgan fingerprint density at radius 3 is 2.17 bits per heavy atom. The van der Waals surface area contributed by atoms with Gasteiger partial charge in [-0.05, 0) is 72.8 Å². The van der Waals surface area contributed by atoms with E-state index in [9.17, 15) is 14.7 Å². The number of carbonyl (C=O) groups excluding carboxylic acids is 1. The Morgan fingerprint density at radius 1 is 0.639 bits per heavy atom. The molecule has 4 N–H and O–H groups in total. The zero-order chi connectivity index (χ0) is 24.9. The minimum Gasteiger partial charge on any atom is -0.478 e. The molecule has 7 heteroatoms. The van der Waals surface area contributed by atoms with E-state index in [4.69, 9.17) is 0 Å². The van der Waals surface area contributed by atoms with Gasteiger partial charge in [0.25, 0.3) is 5.91 Å². The fraction of sp³-hybridized carbons (Fsp3) is 0. The van der Waals surface area contributed by atoms with Crippen LogP contribution in [0.3, 0.4) is 0 Å². The minimum atomic E-state index is -1.01. The molecule has 0 unspecified atom stereocenters. The fourth-order valence-corrected chi connectivity index (χ4v) is 3.85. The highest BCUT2D eigenvalue weighted by Gasteiger charge is 2.10. The van der Waals surface area contributed by atoms with E-state index in [1.807, 2.05) is 60.7 Å². The molecular weight excluding hydrogens is 452 g/mol. The zero-order valence-electron chi connectivity index (χ0n) is 19.1. The van der Waals surface area contributed by atoms with Crippen molar-refractivity contribution in [1.29, 1.82) is 0 Å². The Morgan fingerprint density at radius 2 is 1.36 bits per heavy atom. The van der Waals surface area contributed by atoms with Gasteiger partial charge in [-0.15, -0.1) is 0 Å². The summed E-state index contributed by atoms with van der Waals surface area (Å²) in [5.41, 5.74) is 5.19. The van der Waals surface area contributed by atoms with Crippen LogP contribution in [0, 0.1) is 0 Å². The number of fused-ring (bicyclic) bond motifs is 1. The molecule has 0 aliphatic carbocycles.